The number of nitrogens with one attached hydrogen (secondary N) is 1. The minimum Gasteiger partial charge on any atom is -0.456 e. The lowest BCUT2D eigenvalue weighted by Crippen LogP contribution is -2.67. The van der Waals surface area contributed by atoms with Crippen molar-refractivity contribution in [2.45, 2.75) is 51.0 Å². The molecule has 2 aliphatic heterocycles. The molecular weight excluding hydrogens is 238 g/mol. The summed E-state index contributed by atoms with van der Waals surface area (Å²) in [5.74, 6) is 0.0198. The third kappa shape index (κ3) is 2.17. The van der Waals surface area contributed by atoms with Crippen molar-refractivity contribution in [2.75, 3.05) is 6.26 Å². The number of ether oxygens (including phenoxy) is 1. The molecule has 3 unspecified atom stereocenters. The second-order valence-corrected chi connectivity index (χ2v) is 5.52. The number of carbonyl (C=O) groups is 2. The molecule has 0 radical (unpaired) electrons. The Morgan fingerprint density at radius 2 is 2.00 bits per heavy atom. The number of esters is 1. The highest BCUT2D eigenvalue weighted by molar-refractivity contribution is 8.00. The molecule has 1 amide bonds. The summed E-state index contributed by atoms with van der Waals surface area (Å²) in [6, 6.07) is 0. The molecule has 2 fully saturated rings. The molecule has 0 aromatic carbocycles. The lowest BCUT2D eigenvalue weighted by Gasteiger charge is -2.43. The van der Waals surface area contributed by atoms with Crippen LogP contribution in [0.1, 0.15) is 34.1 Å². The summed E-state index contributed by atoms with van der Waals surface area (Å²) in [6.07, 6.45) is 2.26. The lowest BCUT2D eigenvalue weighted by atomic mass is 9.81. The van der Waals surface area contributed by atoms with Gasteiger partial charge in [0.15, 0.2) is 11.6 Å². The van der Waals surface area contributed by atoms with Crippen LogP contribution in [-0.2, 0) is 14.3 Å². The number of carbonyl (C=O) groups excluding carboxylic acids is 2. The van der Waals surface area contributed by atoms with E-state index < -0.39 is 5.54 Å². The van der Waals surface area contributed by atoms with Crippen LogP contribution in [0, 0.1) is 5.92 Å². The van der Waals surface area contributed by atoms with Gasteiger partial charge in [-0.05, 0) is 18.6 Å². The number of thioether (sulfide) groups is 1. The fraction of sp³-hybridized carbons (Fsp3) is 0.833. The summed E-state index contributed by atoms with van der Waals surface area (Å²) < 4.78 is 5.10. The predicted octanol–water partition coefficient (Wildman–Crippen LogP) is 1.58. The molecule has 0 bridgehead atoms. The van der Waals surface area contributed by atoms with Gasteiger partial charge in [0.25, 0.3) is 0 Å². The number of fused-ring (bicyclic) bond motifs is 1. The van der Waals surface area contributed by atoms with Gasteiger partial charge in [-0.3, -0.25) is 4.79 Å². The van der Waals surface area contributed by atoms with Gasteiger partial charge in [0, 0.05) is 0 Å². The predicted molar refractivity (Wildman–Crippen MR) is 68.9 cm³/mol. The summed E-state index contributed by atoms with van der Waals surface area (Å²) in [6.45, 7) is 8.08. The van der Waals surface area contributed by atoms with E-state index in [1.807, 2.05) is 34.0 Å². The first kappa shape index (κ1) is 14.4. The summed E-state index contributed by atoms with van der Waals surface area (Å²) in [5, 5.41) is 2.58. The van der Waals surface area contributed by atoms with E-state index in [-0.39, 0.29) is 23.2 Å². The van der Waals surface area contributed by atoms with Crippen molar-refractivity contribution in [1.82, 2.24) is 5.32 Å². The van der Waals surface area contributed by atoms with E-state index in [4.69, 9.17) is 4.74 Å². The molecule has 1 N–H and O–H groups in total. The largest absolute Gasteiger partial charge is 0.456 e. The molecule has 3 atom stereocenters. The average molecular weight is 259 g/mol. The molecule has 0 aliphatic carbocycles. The van der Waals surface area contributed by atoms with Gasteiger partial charge >= 0.3 is 5.97 Å². The van der Waals surface area contributed by atoms with Crippen molar-refractivity contribution in [2.24, 2.45) is 5.92 Å². The Morgan fingerprint density at radius 1 is 1.41 bits per heavy atom. The summed E-state index contributed by atoms with van der Waals surface area (Å²) >= 11 is 1.44. The molecule has 0 saturated carbocycles. The van der Waals surface area contributed by atoms with E-state index in [9.17, 15) is 9.59 Å². The Kier molecular flexibility index (Phi) is 4.47. The van der Waals surface area contributed by atoms with E-state index in [2.05, 4.69) is 5.32 Å². The standard InChI is InChI=1S/C10H15NO3S.C2H6/c1-5(2)4-10-7(14-9(10)13)6(15-3)8(12)11-10;1-2/h5-7H,4H2,1-3H3,(H,11,12);1-2H3. The van der Waals surface area contributed by atoms with Crippen LogP contribution in [0.4, 0.5) is 0 Å². The Hall–Kier alpha value is -0.710. The highest BCUT2D eigenvalue weighted by Gasteiger charge is 2.68. The normalized spacial score (nSPS) is 34.2. The van der Waals surface area contributed by atoms with E-state index in [1.165, 1.54) is 11.8 Å². The zero-order valence-corrected chi connectivity index (χ0v) is 11.9. The number of rotatable bonds is 3. The molecule has 98 valence electrons. The first-order valence-corrected chi connectivity index (χ1v) is 7.36. The number of hydrogen-bond acceptors (Lipinski definition) is 4. The van der Waals surface area contributed by atoms with Gasteiger partial charge in [0.05, 0.1) is 0 Å². The number of amides is 1. The van der Waals surface area contributed by atoms with E-state index >= 15 is 0 Å². The fourth-order valence-corrected chi connectivity index (χ4v) is 3.18. The second kappa shape index (κ2) is 5.29. The first-order valence-electron chi connectivity index (χ1n) is 6.07. The molecule has 2 aliphatic rings. The molecule has 4 nitrogen and oxygen atoms in total. The van der Waals surface area contributed by atoms with E-state index in [1.54, 1.807) is 0 Å². The Balaban J connectivity index is 0.000000686. The zero-order valence-electron chi connectivity index (χ0n) is 11.1. The number of hydrogen-bond donors (Lipinski definition) is 1. The van der Waals surface area contributed by atoms with E-state index in [0.717, 1.165) is 0 Å². The van der Waals surface area contributed by atoms with Gasteiger partial charge in [-0.1, -0.05) is 27.7 Å². The van der Waals surface area contributed by atoms with Crippen LogP contribution in [0.15, 0.2) is 0 Å². The smallest absolute Gasteiger partial charge is 0.336 e. The van der Waals surface area contributed by atoms with Crippen LogP contribution in [-0.4, -0.2) is 35.0 Å². The lowest BCUT2D eigenvalue weighted by molar-refractivity contribution is -0.188. The highest BCUT2D eigenvalue weighted by Crippen LogP contribution is 2.43. The van der Waals surface area contributed by atoms with Crippen LogP contribution >= 0.6 is 11.8 Å². The molecule has 0 spiro atoms. The quantitative estimate of drug-likeness (QED) is 0.782. The minimum atomic E-state index is -0.723. The summed E-state index contributed by atoms with van der Waals surface area (Å²) in [4.78, 5) is 23.2. The molecular formula is C12H21NO3S. The third-order valence-corrected chi connectivity index (χ3v) is 3.92. The molecule has 2 heterocycles. The zero-order chi connectivity index (χ0) is 13.2. The maximum absolute atomic E-state index is 11.6. The maximum atomic E-state index is 11.6. The Bertz CT molecular complexity index is 319. The van der Waals surface area contributed by atoms with E-state index in [0.29, 0.717) is 12.3 Å². The Labute approximate surface area is 107 Å². The second-order valence-electron chi connectivity index (χ2n) is 4.54. The first-order chi connectivity index (χ1) is 8.01. The third-order valence-electron chi connectivity index (χ3n) is 2.95. The molecule has 2 rings (SSSR count). The van der Waals surface area contributed by atoms with Gasteiger partial charge < -0.3 is 10.1 Å². The monoisotopic (exact) mass is 259 g/mol. The van der Waals surface area contributed by atoms with Gasteiger partial charge in [-0.25, -0.2) is 4.79 Å². The van der Waals surface area contributed by atoms with Crippen LogP contribution in [0.5, 0.6) is 0 Å². The van der Waals surface area contributed by atoms with Crippen molar-refractivity contribution in [1.29, 1.82) is 0 Å². The summed E-state index contributed by atoms with van der Waals surface area (Å²) in [5.41, 5.74) is -0.723. The highest BCUT2D eigenvalue weighted by atomic mass is 32.2. The fourth-order valence-electron chi connectivity index (χ4n) is 2.38. The summed E-state index contributed by atoms with van der Waals surface area (Å²) in [7, 11) is 0. The Morgan fingerprint density at radius 3 is 2.41 bits per heavy atom. The molecule has 17 heavy (non-hydrogen) atoms. The van der Waals surface area contributed by atoms with Crippen molar-refractivity contribution >= 4 is 23.6 Å². The van der Waals surface area contributed by atoms with Crippen molar-refractivity contribution < 1.29 is 14.3 Å². The van der Waals surface area contributed by atoms with Crippen LogP contribution in [0.3, 0.4) is 0 Å². The van der Waals surface area contributed by atoms with Gasteiger partial charge in [0.1, 0.15) is 5.25 Å². The van der Waals surface area contributed by atoms with Gasteiger partial charge in [-0.2, -0.15) is 0 Å². The molecule has 5 heteroatoms. The minimum absolute atomic E-state index is 0.0704. The molecule has 2 saturated heterocycles. The van der Waals surface area contributed by atoms with Crippen molar-refractivity contribution in [3.8, 4) is 0 Å². The van der Waals surface area contributed by atoms with Gasteiger partial charge in [-0.15, -0.1) is 11.8 Å². The van der Waals surface area contributed by atoms with Crippen LogP contribution in [0.2, 0.25) is 0 Å². The molecule has 0 aromatic rings. The van der Waals surface area contributed by atoms with Crippen LogP contribution in [0.25, 0.3) is 0 Å². The van der Waals surface area contributed by atoms with Gasteiger partial charge in [0.2, 0.25) is 5.91 Å². The van der Waals surface area contributed by atoms with Crippen molar-refractivity contribution in [3.63, 3.8) is 0 Å². The topological polar surface area (TPSA) is 55.4 Å². The SMILES string of the molecule is CC.CSC1C(=O)NC2(CC(C)C)C(=O)OC12. The van der Waals surface area contributed by atoms with Crippen LogP contribution < -0.4 is 5.32 Å². The maximum Gasteiger partial charge on any atom is 0.336 e. The van der Waals surface area contributed by atoms with Crippen molar-refractivity contribution in [3.05, 3.63) is 0 Å². The molecule has 0 aromatic heterocycles. The average Bonchev–Trinajstić information content (AvgIpc) is 2.50.